The Balaban J connectivity index is 2.04. The molecule has 0 spiro atoms. The minimum Gasteiger partial charge on any atom is -0.494 e. The molecular formula is C23H29N3O8. The summed E-state index contributed by atoms with van der Waals surface area (Å²) in [6, 6.07) is 13.6. The number of benzene rings is 2. The third kappa shape index (κ3) is 9.14. The fourth-order valence-electron chi connectivity index (χ4n) is 3.13. The fourth-order valence-corrected chi connectivity index (χ4v) is 3.13. The number of hydrogen-bond acceptors (Lipinski definition) is 8. The molecule has 11 heteroatoms. The van der Waals surface area contributed by atoms with E-state index in [0.29, 0.717) is 12.4 Å². The molecule has 2 rings (SSSR count). The maximum Gasteiger partial charge on any atom is 0.269 e. The zero-order valence-corrected chi connectivity index (χ0v) is 18.8. The molecule has 0 saturated carbocycles. The van der Waals surface area contributed by atoms with Crippen LogP contribution in [0.4, 0.5) is 5.69 Å². The Morgan fingerprint density at radius 3 is 2.41 bits per heavy atom. The number of nitro benzene ring substituents is 1. The topological polar surface area (TPSA) is 149 Å². The van der Waals surface area contributed by atoms with Crippen LogP contribution in [0.1, 0.15) is 30.1 Å². The van der Waals surface area contributed by atoms with E-state index in [1.165, 1.54) is 24.3 Å². The van der Waals surface area contributed by atoms with E-state index < -0.39 is 28.7 Å². The summed E-state index contributed by atoms with van der Waals surface area (Å²) in [4.78, 5) is 35.2. The van der Waals surface area contributed by atoms with Crippen LogP contribution in [0.25, 0.3) is 0 Å². The van der Waals surface area contributed by atoms with Gasteiger partial charge in [0.2, 0.25) is 5.91 Å². The average molecular weight is 475 g/mol. The Kier molecular flexibility index (Phi) is 11.5. The van der Waals surface area contributed by atoms with E-state index in [0.717, 1.165) is 0 Å². The zero-order valence-electron chi connectivity index (χ0n) is 18.8. The molecule has 0 aliphatic heterocycles. The van der Waals surface area contributed by atoms with E-state index in [1.54, 1.807) is 17.6 Å². The minimum absolute atomic E-state index is 0.00832. The fraction of sp³-hybridized carbons (Fsp3) is 0.391. The van der Waals surface area contributed by atoms with Crippen LogP contribution in [0.2, 0.25) is 0 Å². The largest absolute Gasteiger partial charge is 0.494 e. The van der Waals surface area contributed by atoms with Gasteiger partial charge in [0.1, 0.15) is 12.5 Å². The van der Waals surface area contributed by atoms with E-state index in [9.17, 15) is 24.9 Å². The average Bonchev–Trinajstić information content (AvgIpc) is 2.86. The summed E-state index contributed by atoms with van der Waals surface area (Å²) in [6.07, 6.45) is 0.423. The van der Waals surface area contributed by atoms with Crippen molar-refractivity contribution in [2.24, 2.45) is 5.92 Å². The van der Waals surface area contributed by atoms with Gasteiger partial charge in [-0.2, -0.15) is 0 Å². The second-order valence-corrected chi connectivity index (χ2v) is 7.31. The number of carbonyl (C=O) groups is 2. The number of para-hydroxylation sites is 1. The molecule has 0 heterocycles. The van der Waals surface area contributed by atoms with Gasteiger partial charge in [-0.15, -0.1) is 0 Å². The third-order valence-corrected chi connectivity index (χ3v) is 4.89. The second-order valence-electron chi connectivity index (χ2n) is 7.31. The van der Waals surface area contributed by atoms with Gasteiger partial charge >= 0.3 is 0 Å². The van der Waals surface area contributed by atoms with Gasteiger partial charge in [-0.25, -0.2) is 5.48 Å². The molecule has 3 N–H and O–H groups in total. The van der Waals surface area contributed by atoms with Crippen molar-refractivity contribution in [3.8, 4) is 5.75 Å². The van der Waals surface area contributed by atoms with Gasteiger partial charge in [-0.1, -0.05) is 18.2 Å². The van der Waals surface area contributed by atoms with Crippen molar-refractivity contribution in [2.45, 2.75) is 25.8 Å². The first-order valence-corrected chi connectivity index (χ1v) is 10.8. The Morgan fingerprint density at radius 1 is 1.09 bits per heavy atom. The summed E-state index contributed by atoms with van der Waals surface area (Å²) in [5, 5.41) is 22.8. The standard InChI is InChI=1S/C23H29N3O8/c1-2-32-16-33-15-19(24-22(27)17-8-10-20(11-9-17)26(30)31)14-18(23(28)25-29)12-13-34-21-6-4-3-5-7-21/h3-11,18-19,29H,2,12-16H2,1H3,(H,24,27)(H,25,28)/t18-,19-/m0/s1. The van der Waals surface area contributed by atoms with Crippen LogP contribution in [-0.2, 0) is 14.3 Å². The van der Waals surface area contributed by atoms with Gasteiger partial charge in [-0.05, 0) is 44.0 Å². The van der Waals surface area contributed by atoms with Gasteiger partial charge in [-0.3, -0.25) is 24.9 Å². The van der Waals surface area contributed by atoms with Crippen molar-refractivity contribution in [1.29, 1.82) is 0 Å². The van der Waals surface area contributed by atoms with Gasteiger partial charge in [0.15, 0.2) is 0 Å². The zero-order chi connectivity index (χ0) is 24.8. The van der Waals surface area contributed by atoms with E-state index in [4.69, 9.17) is 14.2 Å². The molecule has 2 aromatic rings. The monoisotopic (exact) mass is 475 g/mol. The maximum atomic E-state index is 12.7. The van der Waals surface area contributed by atoms with Crippen molar-refractivity contribution in [3.63, 3.8) is 0 Å². The Bertz CT molecular complexity index is 908. The molecular weight excluding hydrogens is 446 g/mol. The predicted molar refractivity (Wildman–Crippen MR) is 121 cm³/mol. The lowest BCUT2D eigenvalue weighted by atomic mass is 9.96. The summed E-state index contributed by atoms with van der Waals surface area (Å²) in [7, 11) is 0. The van der Waals surface area contributed by atoms with E-state index in [2.05, 4.69) is 5.32 Å². The Labute approximate surface area is 197 Å². The molecule has 0 saturated heterocycles. The summed E-state index contributed by atoms with van der Waals surface area (Å²) in [5.74, 6) is -1.14. The first kappa shape index (κ1) is 26.7. The van der Waals surface area contributed by atoms with Crippen molar-refractivity contribution in [2.75, 3.05) is 26.6 Å². The van der Waals surface area contributed by atoms with Crippen LogP contribution in [0, 0.1) is 16.0 Å². The number of ether oxygens (including phenoxy) is 3. The molecule has 0 aliphatic rings. The number of carbonyl (C=O) groups excluding carboxylic acids is 2. The van der Waals surface area contributed by atoms with Gasteiger partial charge in [0.05, 0.1) is 24.2 Å². The molecule has 0 radical (unpaired) electrons. The third-order valence-electron chi connectivity index (χ3n) is 4.89. The summed E-state index contributed by atoms with van der Waals surface area (Å²) >= 11 is 0. The number of non-ortho nitro benzene ring substituents is 1. The highest BCUT2D eigenvalue weighted by Crippen LogP contribution is 2.17. The lowest BCUT2D eigenvalue weighted by molar-refractivity contribution is -0.384. The number of rotatable bonds is 15. The molecule has 0 unspecified atom stereocenters. The van der Waals surface area contributed by atoms with E-state index >= 15 is 0 Å². The van der Waals surface area contributed by atoms with Crippen molar-refractivity contribution in [3.05, 3.63) is 70.3 Å². The van der Waals surface area contributed by atoms with E-state index in [-0.39, 0.29) is 44.1 Å². The summed E-state index contributed by atoms with van der Waals surface area (Å²) in [6.45, 7) is 2.53. The highest BCUT2D eigenvalue weighted by atomic mass is 16.7. The summed E-state index contributed by atoms with van der Waals surface area (Å²) in [5.41, 5.74) is 1.75. The van der Waals surface area contributed by atoms with Crippen LogP contribution in [0.15, 0.2) is 54.6 Å². The van der Waals surface area contributed by atoms with Crippen LogP contribution < -0.4 is 15.5 Å². The normalized spacial score (nSPS) is 12.4. The molecule has 11 nitrogen and oxygen atoms in total. The van der Waals surface area contributed by atoms with Gasteiger partial charge < -0.3 is 19.5 Å². The number of amides is 2. The minimum atomic E-state index is -0.688. The van der Waals surface area contributed by atoms with Gasteiger partial charge in [0, 0.05) is 30.2 Å². The van der Waals surface area contributed by atoms with Crippen molar-refractivity contribution in [1.82, 2.24) is 10.8 Å². The molecule has 184 valence electrons. The highest BCUT2D eigenvalue weighted by molar-refractivity contribution is 5.94. The van der Waals surface area contributed by atoms with Crippen molar-refractivity contribution >= 4 is 17.5 Å². The lowest BCUT2D eigenvalue weighted by Crippen LogP contribution is -2.42. The van der Waals surface area contributed by atoms with E-state index in [1.807, 2.05) is 25.1 Å². The molecule has 2 atom stereocenters. The number of nitro groups is 1. The van der Waals surface area contributed by atoms with Crippen LogP contribution in [0.5, 0.6) is 5.75 Å². The number of nitrogens with one attached hydrogen (secondary N) is 2. The molecule has 2 amide bonds. The first-order chi connectivity index (χ1) is 16.4. The van der Waals surface area contributed by atoms with Crippen LogP contribution in [-0.4, -0.2) is 54.6 Å². The highest BCUT2D eigenvalue weighted by Gasteiger charge is 2.25. The smallest absolute Gasteiger partial charge is 0.269 e. The first-order valence-electron chi connectivity index (χ1n) is 10.8. The second kappa shape index (κ2) is 14.6. The molecule has 0 aliphatic carbocycles. The quantitative estimate of drug-likeness (QED) is 0.117. The van der Waals surface area contributed by atoms with Crippen LogP contribution in [0.3, 0.4) is 0 Å². The number of nitrogens with zero attached hydrogens (tertiary/aromatic N) is 1. The maximum absolute atomic E-state index is 12.7. The Hall–Kier alpha value is -3.54. The number of hydroxylamine groups is 1. The SMILES string of the molecule is CCOCOC[C@H](C[C@H](CCOc1ccccc1)C(=O)NO)NC(=O)c1ccc([N+](=O)[O-])cc1. The molecule has 0 aromatic heterocycles. The molecule has 2 aromatic carbocycles. The molecule has 0 bridgehead atoms. The Morgan fingerprint density at radius 2 is 1.79 bits per heavy atom. The van der Waals surface area contributed by atoms with Crippen LogP contribution >= 0.6 is 0 Å². The lowest BCUT2D eigenvalue weighted by Gasteiger charge is -2.23. The predicted octanol–water partition coefficient (Wildman–Crippen LogP) is 2.68. The number of hydrogen-bond donors (Lipinski definition) is 3. The van der Waals surface area contributed by atoms with Crippen molar-refractivity contribution < 1.29 is 33.9 Å². The molecule has 34 heavy (non-hydrogen) atoms. The molecule has 0 fully saturated rings. The van der Waals surface area contributed by atoms with Gasteiger partial charge in [0.25, 0.3) is 11.6 Å². The summed E-state index contributed by atoms with van der Waals surface area (Å²) < 4.78 is 16.3.